The fourth-order valence-electron chi connectivity index (χ4n) is 12.1. The normalized spacial score (nSPS) is 16.3. The van der Waals surface area contributed by atoms with Crippen molar-refractivity contribution in [1.82, 2.24) is 4.57 Å². The zero-order valence-corrected chi connectivity index (χ0v) is 38.6. The van der Waals surface area contributed by atoms with Gasteiger partial charge in [-0.05, 0) is 129 Å². The summed E-state index contributed by atoms with van der Waals surface area (Å²) in [5, 5.41) is 5.03. The zero-order valence-electron chi connectivity index (χ0n) is 38.6. The van der Waals surface area contributed by atoms with Crippen molar-refractivity contribution in [2.75, 3.05) is 9.80 Å². The van der Waals surface area contributed by atoms with Crippen LogP contribution in [0.3, 0.4) is 0 Å². The van der Waals surface area contributed by atoms with Crippen molar-refractivity contribution in [2.24, 2.45) is 0 Å². The van der Waals surface area contributed by atoms with Gasteiger partial charge >= 0.3 is 0 Å². The van der Waals surface area contributed by atoms with Crippen LogP contribution in [0, 0.1) is 0 Å². The number of allylic oxidation sites excluding steroid dienone is 10. The molecule has 14 rings (SSSR count). The van der Waals surface area contributed by atoms with Crippen LogP contribution in [0.5, 0.6) is 0 Å². The Hall–Kier alpha value is -8.92. The van der Waals surface area contributed by atoms with E-state index in [2.05, 4.69) is 275 Å². The van der Waals surface area contributed by atoms with Crippen molar-refractivity contribution in [3.63, 3.8) is 0 Å². The van der Waals surface area contributed by atoms with Crippen LogP contribution in [0.25, 0.3) is 55.0 Å². The molecule has 9 aromatic carbocycles. The molecule has 0 N–H and O–H groups in total. The first kappa shape index (κ1) is 40.2. The van der Waals surface area contributed by atoms with E-state index in [4.69, 9.17) is 0 Å². The molecular weight excluding hydrogens is 847 g/mol. The van der Waals surface area contributed by atoms with Crippen molar-refractivity contribution in [3.8, 4) is 16.8 Å². The van der Waals surface area contributed by atoms with Crippen LogP contribution in [-0.4, -0.2) is 4.57 Å². The highest BCUT2D eigenvalue weighted by Crippen LogP contribution is 2.61. The highest BCUT2D eigenvalue weighted by Gasteiger charge is 2.51. The number of benzene rings is 9. The second-order valence-electron chi connectivity index (χ2n) is 18.7. The van der Waals surface area contributed by atoms with Gasteiger partial charge in [-0.15, -0.1) is 0 Å². The van der Waals surface area contributed by atoms with Crippen molar-refractivity contribution < 1.29 is 0 Å². The smallest absolute Gasteiger partial charge is 0.0755 e. The SMILES string of the molecule is C1=CCC=C(N(C2=CCC=C(c3ccc(N(c4ccccc4)c4ccc5c(c4)C4(c6ccccc6-5)c5ccccc5-n5c6ccccc6c6cccc4c65)cc3)C=C2)c2cccc3ccccc23)C=C1. The summed E-state index contributed by atoms with van der Waals surface area (Å²) < 4.78 is 2.52. The molecule has 1 aromatic heterocycles. The molecule has 0 saturated carbocycles. The maximum absolute atomic E-state index is 2.52. The molecule has 10 aromatic rings. The monoisotopic (exact) mass is 893 g/mol. The van der Waals surface area contributed by atoms with Gasteiger partial charge in [0.15, 0.2) is 0 Å². The topological polar surface area (TPSA) is 11.4 Å². The van der Waals surface area contributed by atoms with E-state index in [9.17, 15) is 0 Å². The van der Waals surface area contributed by atoms with E-state index in [1.165, 1.54) is 94.2 Å². The molecule has 0 radical (unpaired) electrons. The largest absolute Gasteiger partial charge is 0.310 e. The van der Waals surface area contributed by atoms with E-state index in [0.717, 1.165) is 35.6 Å². The molecule has 2 heterocycles. The Kier molecular flexibility index (Phi) is 9.25. The summed E-state index contributed by atoms with van der Waals surface area (Å²) in [6.45, 7) is 0. The second kappa shape index (κ2) is 16.1. The van der Waals surface area contributed by atoms with Crippen LogP contribution >= 0.6 is 0 Å². The molecule has 3 aliphatic carbocycles. The Morgan fingerprint density at radius 1 is 0.414 bits per heavy atom. The van der Waals surface area contributed by atoms with Gasteiger partial charge in [0, 0.05) is 44.6 Å². The van der Waals surface area contributed by atoms with Crippen LogP contribution < -0.4 is 9.80 Å². The minimum absolute atomic E-state index is 0.539. The number of hydrogen-bond acceptors (Lipinski definition) is 2. The lowest BCUT2D eigenvalue weighted by Gasteiger charge is -2.40. The summed E-state index contributed by atoms with van der Waals surface area (Å²) in [5.41, 5.74) is 20.3. The summed E-state index contributed by atoms with van der Waals surface area (Å²) in [4.78, 5) is 4.85. The lowest BCUT2D eigenvalue weighted by atomic mass is 9.65. The molecule has 1 aliphatic heterocycles. The predicted molar refractivity (Wildman–Crippen MR) is 294 cm³/mol. The molecule has 0 fully saturated rings. The van der Waals surface area contributed by atoms with Crippen LogP contribution in [0.15, 0.2) is 272 Å². The van der Waals surface area contributed by atoms with Gasteiger partial charge in [-0.25, -0.2) is 0 Å². The highest BCUT2D eigenvalue weighted by molar-refractivity contribution is 6.13. The summed E-state index contributed by atoms with van der Waals surface area (Å²) in [7, 11) is 0. The van der Waals surface area contributed by atoms with Gasteiger partial charge < -0.3 is 14.4 Å². The molecule has 3 heteroatoms. The predicted octanol–water partition coefficient (Wildman–Crippen LogP) is 17.2. The third-order valence-electron chi connectivity index (χ3n) is 15.0. The number of para-hydroxylation sites is 4. The lowest BCUT2D eigenvalue weighted by molar-refractivity contribution is 0.748. The van der Waals surface area contributed by atoms with Crippen molar-refractivity contribution >= 4 is 60.9 Å². The Morgan fingerprint density at radius 3 is 2.00 bits per heavy atom. The highest BCUT2D eigenvalue weighted by atomic mass is 15.2. The van der Waals surface area contributed by atoms with E-state index in [-0.39, 0.29) is 0 Å². The first-order valence-electron chi connectivity index (χ1n) is 24.5. The number of nitrogens with zero attached hydrogens (tertiary/aromatic N) is 3. The maximum Gasteiger partial charge on any atom is 0.0755 e. The second-order valence-corrected chi connectivity index (χ2v) is 18.7. The Morgan fingerprint density at radius 2 is 1.09 bits per heavy atom. The quantitative estimate of drug-likeness (QED) is 0.158. The molecule has 330 valence electrons. The van der Waals surface area contributed by atoms with Crippen LogP contribution in [-0.2, 0) is 5.41 Å². The van der Waals surface area contributed by atoms with Crippen molar-refractivity contribution in [1.29, 1.82) is 0 Å². The molecule has 1 unspecified atom stereocenters. The fraction of sp³-hybridized carbons (Fsp3) is 0.0448. The van der Waals surface area contributed by atoms with E-state index in [1.807, 2.05) is 0 Å². The zero-order chi connectivity index (χ0) is 46.2. The van der Waals surface area contributed by atoms with Gasteiger partial charge in [-0.3, -0.25) is 0 Å². The number of aromatic nitrogens is 1. The van der Waals surface area contributed by atoms with E-state index < -0.39 is 5.41 Å². The van der Waals surface area contributed by atoms with E-state index in [1.54, 1.807) is 0 Å². The minimum atomic E-state index is -0.539. The molecular formula is C67H47N3. The molecule has 0 bridgehead atoms. The van der Waals surface area contributed by atoms with Gasteiger partial charge in [0.25, 0.3) is 0 Å². The number of anilines is 4. The summed E-state index contributed by atoms with van der Waals surface area (Å²) >= 11 is 0. The first-order valence-corrected chi connectivity index (χ1v) is 24.5. The van der Waals surface area contributed by atoms with Gasteiger partial charge in [0.05, 0.1) is 27.8 Å². The number of rotatable bonds is 7. The molecule has 1 spiro atoms. The lowest BCUT2D eigenvalue weighted by Crippen LogP contribution is -2.33. The molecule has 70 heavy (non-hydrogen) atoms. The molecule has 3 nitrogen and oxygen atoms in total. The average molecular weight is 894 g/mol. The van der Waals surface area contributed by atoms with Crippen molar-refractivity contribution in [3.05, 3.63) is 300 Å². The maximum atomic E-state index is 2.52. The molecule has 1 atom stereocenters. The van der Waals surface area contributed by atoms with Gasteiger partial charge in [-0.2, -0.15) is 0 Å². The molecule has 0 amide bonds. The van der Waals surface area contributed by atoms with Crippen LogP contribution in [0.1, 0.15) is 40.7 Å². The summed E-state index contributed by atoms with van der Waals surface area (Å²) in [6, 6.07) is 76.6. The van der Waals surface area contributed by atoms with Crippen LogP contribution in [0.2, 0.25) is 0 Å². The number of hydrogen-bond donors (Lipinski definition) is 0. The van der Waals surface area contributed by atoms with E-state index in [0.29, 0.717) is 0 Å². The average Bonchev–Trinajstić information content (AvgIpc) is 3.58. The first-order chi connectivity index (χ1) is 34.8. The Labute approximate surface area is 408 Å². The fourth-order valence-corrected chi connectivity index (χ4v) is 12.1. The van der Waals surface area contributed by atoms with Gasteiger partial charge in [0.2, 0.25) is 0 Å². The Bertz CT molecular complexity index is 3940. The van der Waals surface area contributed by atoms with Crippen molar-refractivity contribution in [2.45, 2.75) is 18.3 Å². The Balaban J connectivity index is 0.874. The van der Waals surface area contributed by atoms with Gasteiger partial charge in [-0.1, -0.05) is 194 Å². The summed E-state index contributed by atoms with van der Waals surface area (Å²) in [5.74, 6) is 0. The molecule has 4 aliphatic rings. The third kappa shape index (κ3) is 6.01. The van der Waals surface area contributed by atoms with Crippen LogP contribution in [0.4, 0.5) is 22.7 Å². The molecule has 0 saturated heterocycles. The summed E-state index contributed by atoms with van der Waals surface area (Å²) in [6.07, 6.45) is 22.0. The third-order valence-corrected chi connectivity index (χ3v) is 15.0. The van der Waals surface area contributed by atoms with E-state index >= 15 is 0 Å². The standard InChI is InChI=1S/C67H47N3/c1-2-5-25-50(24-4-1)69(63-36-17-21-48-19-8-9-27-54(48)63)51-26-16-20-46(37-40-51)47-38-41-52(42-39-47)68(49-22-6-3-7-23-49)53-43-44-56-55-28-10-12-31-59(55)67(62(56)45-53)60-32-13-15-35-65(60)70-64-34-14-11-29-57(64)58-30-18-33-61(67)66(58)70/h1-4,6-15,17-45H,5,16H2. The minimum Gasteiger partial charge on any atom is -0.310 e. The number of fused-ring (bicyclic) bond motifs is 13. The van der Waals surface area contributed by atoms with Gasteiger partial charge in [0.1, 0.15) is 0 Å².